The molecule has 0 saturated carbocycles. The van der Waals surface area contributed by atoms with Crippen molar-refractivity contribution in [3.8, 4) is 0 Å². The summed E-state index contributed by atoms with van der Waals surface area (Å²) in [6, 6.07) is 3.92. The van der Waals surface area contributed by atoms with Crippen LogP contribution in [0.25, 0.3) is 0 Å². The van der Waals surface area contributed by atoms with Gasteiger partial charge in [0.05, 0.1) is 18.2 Å². The lowest BCUT2D eigenvalue weighted by molar-refractivity contribution is -0.126. The van der Waals surface area contributed by atoms with Crippen molar-refractivity contribution in [3.63, 3.8) is 0 Å². The van der Waals surface area contributed by atoms with Crippen LogP contribution in [0.2, 0.25) is 0 Å². The molecule has 0 aromatic carbocycles. The molecule has 2 saturated heterocycles. The van der Waals surface area contributed by atoms with E-state index in [9.17, 15) is 9.59 Å². The van der Waals surface area contributed by atoms with E-state index >= 15 is 0 Å². The zero-order valence-electron chi connectivity index (χ0n) is 17.3. The second kappa shape index (κ2) is 8.99. The molecule has 0 bridgehead atoms. The molecule has 2 fully saturated rings. The third-order valence-corrected chi connectivity index (χ3v) is 5.37. The van der Waals surface area contributed by atoms with Crippen LogP contribution in [0.15, 0.2) is 22.8 Å². The highest BCUT2D eigenvalue weighted by molar-refractivity contribution is 5.80. The number of ether oxygens (including phenoxy) is 1. The van der Waals surface area contributed by atoms with Crippen LogP contribution in [0.5, 0.6) is 0 Å². The van der Waals surface area contributed by atoms with Crippen LogP contribution >= 0.6 is 0 Å². The summed E-state index contributed by atoms with van der Waals surface area (Å²) in [7, 11) is 0. The molecular formula is C21H33N3O4. The number of furan rings is 1. The number of hydrogen-bond donors (Lipinski definition) is 1. The molecule has 2 amide bonds. The number of carbonyl (C=O) groups is 2. The Labute approximate surface area is 167 Å². The summed E-state index contributed by atoms with van der Waals surface area (Å²) in [6.07, 6.45) is 5.30. The largest absolute Gasteiger partial charge is 0.468 e. The lowest BCUT2D eigenvalue weighted by Crippen LogP contribution is -2.48. The van der Waals surface area contributed by atoms with Gasteiger partial charge < -0.3 is 19.4 Å². The van der Waals surface area contributed by atoms with Crippen LogP contribution in [0.4, 0.5) is 4.79 Å². The van der Waals surface area contributed by atoms with Gasteiger partial charge in [0.25, 0.3) is 0 Å². The molecule has 28 heavy (non-hydrogen) atoms. The molecule has 156 valence electrons. The molecule has 3 heterocycles. The molecule has 7 nitrogen and oxygen atoms in total. The molecule has 0 spiro atoms. The molecule has 3 rings (SSSR count). The summed E-state index contributed by atoms with van der Waals surface area (Å²) in [5, 5.41) is 3.11. The maximum Gasteiger partial charge on any atom is 0.410 e. The van der Waals surface area contributed by atoms with Gasteiger partial charge in [0.15, 0.2) is 0 Å². The van der Waals surface area contributed by atoms with Gasteiger partial charge in [0.1, 0.15) is 11.4 Å². The quantitative estimate of drug-likeness (QED) is 0.834. The van der Waals surface area contributed by atoms with Crippen LogP contribution in [0.3, 0.4) is 0 Å². The van der Waals surface area contributed by atoms with Crippen molar-refractivity contribution in [1.29, 1.82) is 0 Å². The standard InChI is InChI=1S/C21H33N3O4/c1-21(2,3)28-20(26)24-12-6-8-16(15-24)19(25)22-14-17(18-9-7-13-27-18)23-10-4-5-11-23/h7,9,13,16-17H,4-6,8,10-12,14-15H2,1-3H3,(H,22,25)/t16-,17-/m0/s1. The van der Waals surface area contributed by atoms with Gasteiger partial charge in [0.2, 0.25) is 5.91 Å². The third-order valence-electron chi connectivity index (χ3n) is 5.37. The van der Waals surface area contributed by atoms with E-state index in [4.69, 9.17) is 9.15 Å². The first-order chi connectivity index (χ1) is 13.3. The highest BCUT2D eigenvalue weighted by Gasteiger charge is 2.32. The summed E-state index contributed by atoms with van der Waals surface area (Å²) in [6.45, 7) is 9.19. The van der Waals surface area contributed by atoms with Crippen molar-refractivity contribution in [2.75, 3.05) is 32.7 Å². The highest BCUT2D eigenvalue weighted by atomic mass is 16.6. The smallest absolute Gasteiger partial charge is 0.410 e. The lowest BCUT2D eigenvalue weighted by atomic mass is 9.97. The molecule has 7 heteroatoms. The summed E-state index contributed by atoms with van der Waals surface area (Å²) < 4.78 is 11.1. The minimum Gasteiger partial charge on any atom is -0.468 e. The molecule has 0 unspecified atom stereocenters. The van der Waals surface area contributed by atoms with E-state index in [1.54, 1.807) is 11.2 Å². The Morgan fingerprint density at radius 3 is 2.64 bits per heavy atom. The topological polar surface area (TPSA) is 75.0 Å². The molecule has 2 atom stereocenters. The molecule has 1 aromatic heterocycles. The van der Waals surface area contributed by atoms with Gasteiger partial charge >= 0.3 is 6.09 Å². The fourth-order valence-corrected chi connectivity index (χ4v) is 3.97. The normalized spacial score (nSPS) is 22.1. The average molecular weight is 392 g/mol. The van der Waals surface area contributed by atoms with Gasteiger partial charge in [0, 0.05) is 19.6 Å². The van der Waals surface area contributed by atoms with Crippen molar-refractivity contribution in [1.82, 2.24) is 15.1 Å². The zero-order chi connectivity index (χ0) is 20.1. The van der Waals surface area contributed by atoms with Gasteiger partial charge in [-0.1, -0.05) is 0 Å². The number of nitrogens with zero attached hydrogens (tertiary/aromatic N) is 2. The number of carbonyl (C=O) groups excluding carboxylic acids is 2. The first-order valence-corrected chi connectivity index (χ1v) is 10.4. The van der Waals surface area contributed by atoms with Crippen molar-refractivity contribution in [2.24, 2.45) is 5.92 Å². The summed E-state index contributed by atoms with van der Waals surface area (Å²) in [4.78, 5) is 29.2. The molecule has 0 aliphatic carbocycles. The second-order valence-electron chi connectivity index (χ2n) is 8.78. The van der Waals surface area contributed by atoms with Crippen LogP contribution in [-0.4, -0.2) is 60.1 Å². The second-order valence-corrected chi connectivity index (χ2v) is 8.78. The Kier molecular flexibility index (Phi) is 6.65. The van der Waals surface area contributed by atoms with E-state index in [1.807, 2.05) is 32.9 Å². The Hall–Kier alpha value is -2.02. The van der Waals surface area contributed by atoms with Crippen LogP contribution < -0.4 is 5.32 Å². The molecule has 0 radical (unpaired) electrons. The summed E-state index contributed by atoms with van der Waals surface area (Å²) in [5.74, 6) is 0.697. The predicted molar refractivity (Wildman–Crippen MR) is 106 cm³/mol. The lowest BCUT2D eigenvalue weighted by Gasteiger charge is -2.34. The number of rotatable bonds is 5. The molecule has 2 aliphatic heterocycles. The summed E-state index contributed by atoms with van der Waals surface area (Å²) in [5.41, 5.74) is -0.529. The minimum absolute atomic E-state index is 0.00371. The monoisotopic (exact) mass is 391 g/mol. The molecule has 1 aromatic rings. The van der Waals surface area contributed by atoms with Crippen LogP contribution in [0.1, 0.15) is 58.3 Å². The minimum atomic E-state index is -0.529. The predicted octanol–water partition coefficient (Wildman–Crippen LogP) is 3.18. The molecule has 2 aliphatic rings. The fraction of sp³-hybridized carbons (Fsp3) is 0.714. The van der Waals surface area contributed by atoms with Crippen molar-refractivity contribution < 1.29 is 18.7 Å². The van der Waals surface area contributed by atoms with Crippen molar-refractivity contribution >= 4 is 12.0 Å². The molecular weight excluding hydrogens is 358 g/mol. The van der Waals surface area contributed by atoms with E-state index in [-0.39, 0.29) is 24.0 Å². The average Bonchev–Trinajstić information content (AvgIpc) is 3.35. The van der Waals surface area contributed by atoms with Gasteiger partial charge in [-0.25, -0.2) is 4.79 Å². The van der Waals surface area contributed by atoms with Gasteiger partial charge in [-0.05, 0) is 71.7 Å². The number of hydrogen-bond acceptors (Lipinski definition) is 5. The van der Waals surface area contributed by atoms with Crippen molar-refractivity contribution in [2.45, 2.75) is 58.1 Å². The third kappa shape index (κ3) is 5.50. The van der Waals surface area contributed by atoms with Crippen LogP contribution in [-0.2, 0) is 9.53 Å². The van der Waals surface area contributed by atoms with E-state index in [2.05, 4.69) is 10.2 Å². The van der Waals surface area contributed by atoms with Gasteiger partial charge in [-0.2, -0.15) is 0 Å². The number of nitrogens with one attached hydrogen (secondary N) is 1. The Bertz CT molecular complexity index is 647. The van der Waals surface area contributed by atoms with E-state index in [0.29, 0.717) is 19.6 Å². The van der Waals surface area contributed by atoms with Crippen molar-refractivity contribution in [3.05, 3.63) is 24.2 Å². The van der Waals surface area contributed by atoms with E-state index in [1.165, 1.54) is 12.8 Å². The fourth-order valence-electron chi connectivity index (χ4n) is 3.97. The van der Waals surface area contributed by atoms with E-state index in [0.717, 1.165) is 31.7 Å². The Morgan fingerprint density at radius 2 is 2.00 bits per heavy atom. The highest BCUT2D eigenvalue weighted by Crippen LogP contribution is 2.25. The maximum absolute atomic E-state index is 12.8. The van der Waals surface area contributed by atoms with Gasteiger partial charge in [-0.3, -0.25) is 9.69 Å². The Morgan fingerprint density at radius 1 is 1.25 bits per heavy atom. The zero-order valence-corrected chi connectivity index (χ0v) is 17.3. The first kappa shape index (κ1) is 20.7. The SMILES string of the molecule is CC(C)(C)OC(=O)N1CCC[C@H](C(=O)NC[C@@H](c2ccco2)N2CCCC2)C1. The number of piperidine rings is 1. The number of amides is 2. The summed E-state index contributed by atoms with van der Waals surface area (Å²) >= 11 is 0. The maximum atomic E-state index is 12.8. The first-order valence-electron chi connectivity index (χ1n) is 10.4. The number of likely N-dealkylation sites (tertiary alicyclic amines) is 2. The van der Waals surface area contributed by atoms with E-state index < -0.39 is 5.60 Å². The van der Waals surface area contributed by atoms with Gasteiger partial charge in [-0.15, -0.1) is 0 Å². The Balaban J connectivity index is 1.55. The van der Waals surface area contributed by atoms with Crippen LogP contribution in [0, 0.1) is 5.92 Å². The molecule has 1 N–H and O–H groups in total.